The molecule has 0 atom stereocenters. The second-order valence-corrected chi connectivity index (χ2v) is 33.1. The Balaban J connectivity index is 0.000000116. The highest BCUT2D eigenvalue weighted by atomic mass is 16.3. The van der Waals surface area contributed by atoms with Crippen molar-refractivity contribution in [2.45, 2.75) is 0 Å². The van der Waals surface area contributed by atoms with Gasteiger partial charge in [-0.05, 0) is 236 Å². The average Bonchev–Trinajstić information content (AvgIpc) is 1.59. The summed E-state index contributed by atoms with van der Waals surface area (Å²) in [6.45, 7) is 0. The molecule has 0 radical (unpaired) electrons. The minimum Gasteiger partial charge on any atom is -0.455 e. The van der Waals surface area contributed by atoms with Crippen molar-refractivity contribution in [2.24, 2.45) is 0 Å². The van der Waals surface area contributed by atoms with Crippen LogP contribution in [0, 0.1) is 0 Å². The van der Waals surface area contributed by atoms with E-state index in [1.807, 2.05) is 12.1 Å². The van der Waals surface area contributed by atoms with E-state index in [4.69, 9.17) is 4.42 Å². The van der Waals surface area contributed by atoms with Crippen molar-refractivity contribution in [1.82, 2.24) is 9.13 Å². The summed E-state index contributed by atoms with van der Waals surface area (Å²) in [5.74, 6) is 0. The van der Waals surface area contributed by atoms with Gasteiger partial charge in [0.2, 0.25) is 0 Å². The quantitative estimate of drug-likeness (QED) is 0.0857. The Morgan fingerprint density at radius 3 is 0.705 bits per heavy atom. The molecule has 0 fully saturated rings. The summed E-state index contributed by atoms with van der Waals surface area (Å²) in [5, 5.41) is 7.37. The monoisotopic (exact) mass is 1690 g/mol. The number of benzene rings is 21. The standard InChI is InChI=1S/2C42H30N2.C42H29NO/c1-3-12-31(13-4-1)32-22-26-36(27-23-32)43(35-15-5-2-6-16-35)37-28-24-33(25-29-37)34-14-11-17-38(30-34)44-41-20-9-7-18-39(41)40-19-8-10-21-42(40)44;1-3-11-31(12-4-1)33-19-23-35(24-20-33)43(36-25-21-34(22-26-36)32-13-5-2-6-14-32)37-27-29-38(30-28-37)44-41-17-9-7-15-39(41)40-16-8-10-18-42(40)44;1-3-10-30(11-4-1)32-18-24-35(25-19-32)43(36-26-20-33(21-27-36)31-12-5-2-6-13-31)37-28-22-34(23-29-37)38-15-9-16-40-39-14-7-8-17-41(39)44-42(38)40/h2*1-30H;1-29H. The zero-order chi connectivity index (χ0) is 87.9. The van der Waals surface area contributed by atoms with Gasteiger partial charge in [-0.3, -0.25) is 0 Å². The van der Waals surface area contributed by atoms with Crippen LogP contribution in [0.2, 0.25) is 0 Å². The molecule has 132 heavy (non-hydrogen) atoms. The first-order valence-electron chi connectivity index (χ1n) is 45.0. The van der Waals surface area contributed by atoms with Crippen LogP contribution in [-0.2, 0) is 0 Å². The van der Waals surface area contributed by atoms with Gasteiger partial charge in [-0.15, -0.1) is 0 Å². The molecule has 0 aliphatic carbocycles. The van der Waals surface area contributed by atoms with Crippen LogP contribution < -0.4 is 14.7 Å². The Hall–Kier alpha value is -17.6. The lowest BCUT2D eigenvalue weighted by Crippen LogP contribution is -2.10. The van der Waals surface area contributed by atoms with E-state index in [0.29, 0.717) is 0 Å². The minimum absolute atomic E-state index is 0.913. The first-order valence-corrected chi connectivity index (χ1v) is 45.0. The van der Waals surface area contributed by atoms with Crippen LogP contribution in [0.3, 0.4) is 0 Å². The molecule has 0 N–H and O–H groups in total. The van der Waals surface area contributed by atoms with Crippen LogP contribution in [-0.4, -0.2) is 9.13 Å². The molecular weight excluding hydrogens is 1600 g/mol. The molecule has 624 valence electrons. The predicted molar refractivity (Wildman–Crippen MR) is 557 cm³/mol. The van der Waals surface area contributed by atoms with Crippen molar-refractivity contribution in [1.29, 1.82) is 0 Å². The van der Waals surface area contributed by atoms with Gasteiger partial charge in [-0.1, -0.05) is 376 Å². The van der Waals surface area contributed by atoms with Crippen molar-refractivity contribution in [2.75, 3.05) is 14.7 Å². The Bertz CT molecular complexity index is 7810. The number of para-hydroxylation sites is 7. The van der Waals surface area contributed by atoms with E-state index in [9.17, 15) is 0 Å². The first kappa shape index (κ1) is 80.3. The van der Waals surface area contributed by atoms with Crippen LogP contribution in [0.15, 0.2) is 544 Å². The van der Waals surface area contributed by atoms with Gasteiger partial charge in [-0.25, -0.2) is 0 Å². The molecule has 0 saturated carbocycles. The number of anilines is 9. The van der Waals surface area contributed by atoms with E-state index in [1.165, 1.54) is 110 Å². The fourth-order valence-corrected chi connectivity index (χ4v) is 18.6. The normalized spacial score (nSPS) is 11.2. The topological polar surface area (TPSA) is 32.7 Å². The van der Waals surface area contributed by atoms with Gasteiger partial charge in [0.25, 0.3) is 0 Å². The van der Waals surface area contributed by atoms with Crippen molar-refractivity contribution in [3.63, 3.8) is 0 Å². The van der Waals surface area contributed by atoms with E-state index in [1.54, 1.807) is 0 Å². The smallest absolute Gasteiger partial charge is 0.143 e. The van der Waals surface area contributed by atoms with Crippen molar-refractivity contribution in [3.05, 3.63) is 540 Å². The molecule has 3 aromatic heterocycles. The minimum atomic E-state index is 0.913. The highest BCUT2D eigenvalue weighted by Gasteiger charge is 2.22. The number of aromatic nitrogens is 2. The zero-order valence-corrected chi connectivity index (χ0v) is 72.5. The molecule has 24 rings (SSSR count). The number of rotatable bonds is 18. The number of fused-ring (bicyclic) bond motifs is 9. The molecule has 0 aliphatic heterocycles. The number of furan rings is 1. The summed E-state index contributed by atoms with van der Waals surface area (Å²) in [6, 6.07) is 192. The van der Waals surface area contributed by atoms with Gasteiger partial charge in [0.05, 0.1) is 22.1 Å². The molecule has 0 aliphatic rings. The fourth-order valence-electron chi connectivity index (χ4n) is 18.6. The molecule has 3 heterocycles. The van der Waals surface area contributed by atoms with Crippen LogP contribution >= 0.6 is 0 Å². The number of hydrogen-bond acceptors (Lipinski definition) is 4. The summed E-state index contributed by atoms with van der Waals surface area (Å²) < 4.78 is 11.1. The molecule has 0 amide bonds. The van der Waals surface area contributed by atoms with Crippen molar-refractivity contribution < 1.29 is 4.42 Å². The maximum atomic E-state index is 6.34. The van der Waals surface area contributed by atoms with Crippen LogP contribution in [0.4, 0.5) is 51.2 Å². The molecule has 0 unspecified atom stereocenters. The maximum Gasteiger partial charge on any atom is 0.143 e. The molecule has 0 saturated heterocycles. The lowest BCUT2D eigenvalue weighted by Gasteiger charge is -2.26. The molecule has 0 spiro atoms. The molecule has 24 aromatic rings. The van der Waals surface area contributed by atoms with Crippen LogP contribution in [0.5, 0.6) is 0 Å². The van der Waals surface area contributed by atoms with E-state index in [-0.39, 0.29) is 0 Å². The Morgan fingerprint density at radius 2 is 0.371 bits per heavy atom. The van der Waals surface area contributed by atoms with Gasteiger partial charge in [-0.2, -0.15) is 0 Å². The van der Waals surface area contributed by atoms with Gasteiger partial charge < -0.3 is 28.3 Å². The largest absolute Gasteiger partial charge is 0.455 e. The molecule has 6 heteroatoms. The summed E-state index contributed by atoms with van der Waals surface area (Å²) in [5.41, 5.74) is 35.7. The van der Waals surface area contributed by atoms with Crippen molar-refractivity contribution >= 4 is 117 Å². The Kier molecular flexibility index (Phi) is 22.1. The second-order valence-electron chi connectivity index (χ2n) is 33.1. The second kappa shape index (κ2) is 36.4. The maximum absolute atomic E-state index is 6.34. The summed E-state index contributed by atoms with van der Waals surface area (Å²) >= 11 is 0. The van der Waals surface area contributed by atoms with E-state index in [0.717, 1.165) is 95.6 Å². The molecule has 6 nitrogen and oxygen atoms in total. The summed E-state index contributed by atoms with van der Waals surface area (Å²) in [4.78, 5) is 6.96. The molecular formula is C126H89N5O. The zero-order valence-electron chi connectivity index (χ0n) is 72.5. The summed E-state index contributed by atoms with van der Waals surface area (Å²) in [6.07, 6.45) is 0. The lowest BCUT2D eigenvalue weighted by atomic mass is 10.0. The third-order valence-corrected chi connectivity index (χ3v) is 25.1. The van der Waals surface area contributed by atoms with E-state index < -0.39 is 0 Å². The van der Waals surface area contributed by atoms with Gasteiger partial charge in [0, 0.05) is 100 Å². The molecule has 21 aromatic carbocycles. The van der Waals surface area contributed by atoms with Crippen LogP contribution in [0.25, 0.3) is 155 Å². The Labute approximate surface area is 768 Å². The SMILES string of the molecule is c1ccc(-c2ccc(N(c3ccc(-c4ccccc4)cc3)c3ccc(-c4cccc5c4oc4ccccc45)cc3)cc2)cc1.c1ccc(-c2ccc(N(c3ccc(-c4ccccc4)cc3)c3ccc(-n4c5ccccc5c5ccccc54)cc3)cc2)cc1.c1ccc(-c2ccc(N(c3ccccc3)c3ccc(-c4cccc(-n5c6ccccc6c6ccccc65)c4)cc3)cc2)cc1. The third kappa shape index (κ3) is 16.2. The van der Waals surface area contributed by atoms with Gasteiger partial charge in [0.15, 0.2) is 0 Å². The Morgan fingerprint density at radius 1 is 0.144 bits per heavy atom. The lowest BCUT2D eigenvalue weighted by molar-refractivity contribution is 0.670. The van der Waals surface area contributed by atoms with Crippen LogP contribution in [0.1, 0.15) is 0 Å². The van der Waals surface area contributed by atoms with Gasteiger partial charge >= 0.3 is 0 Å². The third-order valence-electron chi connectivity index (χ3n) is 25.1. The molecule has 0 bridgehead atoms. The fraction of sp³-hybridized carbons (Fsp3) is 0. The predicted octanol–water partition coefficient (Wildman–Crippen LogP) is 35.2. The van der Waals surface area contributed by atoms with Gasteiger partial charge in [0.1, 0.15) is 11.2 Å². The number of nitrogens with zero attached hydrogens (tertiary/aromatic N) is 5. The highest BCUT2D eigenvalue weighted by Crippen LogP contribution is 2.45. The van der Waals surface area contributed by atoms with E-state index in [2.05, 4.69) is 552 Å². The van der Waals surface area contributed by atoms with Crippen molar-refractivity contribution in [3.8, 4) is 89.3 Å². The summed E-state index contributed by atoms with van der Waals surface area (Å²) in [7, 11) is 0. The van der Waals surface area contributed by atoms with E-state index >= 15 is 0 Å². The number of hydrogen-bond donors (Lipinski definition) is 0. The average molecular weight is 1690 g/mol. The first-order chi connectivity index (χ1) is 65.5. The highest BCUT2D eigenvalue weighted by molar-refractivity contribution is 6.12.